The predicted octanol–water partition coefficient (Wildman–Crippen LogP) is 3.20. The molecule has 0 aliphatic carbocycles. The smallest absolute Gasteiger partial charge is 0.399 e. The molecular formula is C23H27BN2O4. The van der Waals surface area contributed by atoms with Gasteiger partial charge in [-0.1, -0.05) is 6.07 Å². The Labute approximate surface area is 176 Å². The number of hydrogen-bond donors (Lipinski definition) is 0. The molecule has 3 aromatic rings. The Morgan fingerprint density at radius 2 is 1.73 bits per heavy atom. The van der Waals surface area contributed by atoms with Gasteiger partial charge < -0.3 is 18.6 Å². The molecule has 0 amide bonds. The number of aromatic nitrogens is 2. The van der Waals surface area contributed by atoms with Gasteiger partial charge in [0.05, 0.1) is 16.7 Å². The molecule has 0 bridgehead atoms. The Hall–Kier alpha value is -2.22. The first kappa shape index (κ1) is 19.7. The minimum Gasteiger partial charge on any atom is -0.399 e. The molecule has 0 atom stereocenters. The van der Waals surface area contributed by atoms with Gasteiger partial charge in [0, 0.05) is 47.8 Å². The number of ether oxygens (including phenoxy) is 1. The van der Waals surface area contributed by atoms with Crippen LogP contribution in [0.2, 0.25) is 0 Å². The fraction of sp³-hybridized carbons (Fsp3) is 0.478. The fourth-order valence-electron chi connectivity index (χ4n) is 4.41. The van der Waals surface area contributed by atoms with Crippen LogP contribution in [0.5, 0.6) is 0 Å². The van der Waals surface area contributed by atoms with Crippen molar-refractivity contribution in [3.8, 4) is 0 Å². The first-order chi connectivity index (χ1) is 14.3. The summed E-state index contributed by atoms with van der Waals surface area (Å²) in [4.78, 5) is 18.1. The lowest BCUT2D eigenvalue weighted by atomic mass is 9.75. The maximum absolute atomic E-state index is 13.5. The third kappa shape index (κ3) is 2.99. The van der Waals surface area contributed by atoms with Crippen molar-refractivity contribution in [3.05, 3.63) is 47.0 Å². The van der Waals surface area contributed by atoms with Gasteiger partial charge in [0.25, 0.3) is 5.56 Å². The Bertz CT molecular complexity index is 1160. The summed E-state index contributed by atoms with van der Waals surface area (Å²) in [7, 11) is -0.553. The summed E-state index contributed by atoms with van der Waals surface area (Å²) in [6, 6.07) is 8.04. The third-order valence-electron chi connectivity index (χ3n) is 6.92. The van der Waals surface area contributed by atoms with Gasteiger partial charge in [-0.3, -0.25) is 9.78 Å². The highest BCUT2D eigenvalue weighted by molar-refractivity contribution is 6.65. The molecule has 0 N–H and O–H groups in total. The zero-order chi connectivity index (χ0) is 21.1. The average Bonchev–Trinajstić information content (AvgIpc) is 2.95. The van der Waals surface area contributed by atoms with Crippen molar-refractivity contribution in [2.24, 2.45) is 0 Å². The molecule has 0 spiro atoms. The van der Waals surface area contributed by atoms with Crippen LogP contribution >= 0.6 is 0 Å². The quantitative estimate of drug-likeness (QED) is 0.483. The van der Waals surface area contributed by atoms with E-state index < -0.39 is 18.3 Å². The van der Waals surface area contributed by atoms with Gasteiger partial charge >= 0.3 is 7.12 Å². The van der Waals surface area contributed by atoms with Crippen molar-refractivity contribution in [1.82, 2.24) is 9.55 Å². The molecule has 0 unspecified atom stereocenters. The summed E-state index contributed by atoms with van der Waals surface area (Å²) in [6.45, 7) is 9.51. The summed E-state index contributed by atoms with van der Waals surface area (Å²) in [6.07, 6.45) is 5.37. The van der Waals surface area contributed by atoms with Gasteiger partial charge in [0.2, 0.25) is 0 Å². The molecule has 2 aliphatic heterocycles. The highest BCUT2D eigenvalue weighted by atomic mass is 16.7. The second-order valence-electron chi connectivity index (χ2n) is 9.29. The van der Waals surface area contributed by atoms with Crippen LogP contribution in [0.15, 0.2) is 41.5 Å². The van der Waals surface area contributed by atoms with E-state index in [0.29, 0.717) is 18.6 Å². The Morgan fingerprint density at radius 1 is 1.03 bits per heavy atom. The summed E-state index contributed by atoms with van der Waals surface area (Å²) in [5.74, 6) is 0. The molecular weight excluding hydrogens is 379 g/mol. The molecule has 156 valence electrons. The van der Waals surface area contributed by atoms with Crippen molar-refractivity contribution in [3.63, 3.8) is 0 Å². The molecule has 6 nitrogen and oxygen atoms in total. The molecule has 2 aliphatic rings. The SMILES string of the molecule is CC1(C)OB(c2cc3c(=O)n(C4CCOCC4)ccc3c3ncccc23)OC1(C)C. The van der Waals surface area contributed by atoms with Gasteiger partial charge in [-0.15, -0.1) is 0 Å². The first-order valence-corrected chi connectivity index (χ1v) is 10.6. The van der Waals surface area contributed by atoms with Crippen LogP contribution in [0.25, 0.3) is 21.7 Å². The number of pyridine rings is 2. The number of rotatable bonds is 2. The van der Waals surface area contributed by atoms with E-state index in [9.17, 15) is 4.79 Å². The van der Waals surface area contributed by atoms with Crippen molar-refractivity contribution in [2.45, 2.75) is 57.8 Å². The van der Waals surface area contributed by atoms with E-state index in [1.165, 1.54) is 0 Å². The Morgan fingerprint density at radius 3 is 2.43 bits per heavy atom. The molecule has 2 aromatic heterocycles. The first-order valence-electron chi connectivity index (χ1n) is 10.6. The molecule has 4 heterocycles. The van der Waals surface area contributed by atoms with Crippen LogP contribution in [0.4, 0.5) is 0 Å². The van der Waals surface area contributed by atoms with Crippen LogP contribution < -0.4 is 11.0 Å². The minimum atomic E-state index is -0.553. The van der Waals surface area contributed by atoms with E-state index >= 15 is 0 Å². The number of fused-ring (bicyclic) bond motifs is 3. The summed E-state index contributed by atoms with van der Waals surface area (Å²) < 4.78 is 20.0. The Kier molecular flexibility index (Phi) is 4.54. The number of nitrogens with zero attached hydrogens (tertiary/aromatic N) is 2. The van der Waals surface area contributed by atoms with Crippen LogP contribution in [0.1, 0.15) is 46.6 Å². The van der Waals surface area contributed by atoms with E-state index in [1.807, 2.05) is 62.7 Å². The van der Waals surface area contributed by atoms with E-state index in [1.54, 1.807) is 6.20 Å². The number of hydrogen-bond acceptors (Lipinski definition) is 5. The lowest BCUT2D eigenvalue weighted by Gasteiger charge is -2.32. The maximum Gasteiger partial charge on any atom is 0.495 e. The van der Waals surface area contributed by atoms with Crippen molar-refractivity contribution in [2.75, 3.05) is 13.2 Å². The van der Waals surface area contributed by atoms with Gasteiger partial charge in [-0.05, 0) is 64.2 Å². The van der Waals surface area contributed by atoms with Crippen molar-refractivity contribution < 1.29 is 14.0 Å². The van der Waals surface area contributed by atoms with Gasteiger partial charge in [0.15, 0.2) is 0 Å². The van der Waals surface area contributed by atoms with Crippen LogP contribution in [-0.4, -0.2) is 41.1 Å². The summed E-state index contributed by atoms with van der Waals surface area (Å²) in [5.41, 5.74) is 0.743. The second kappa shape index (κ2) is 6.90. The molecule has 7 heteroatoms. The molecule has 2 saturated heterocycles. The molecule has 5 rings (SSSR count). The topological polar surface area (TPSA) is 62.6 Å². The normalized spacial score (nSPS) is 21.5. The van der Waals surface area contributed by atoms with Gasteiger partial charge in [-0.25, -0.2) is 0 Å². The zero-order valence-corrected chi connectivity index (χ0v) is 18.0. The average molecular weight is 406 g/mol. The lowest BCUT2D eigenvalue weighted by Crippen LogP contribution is -2.41. The van der Waals surface area contributed by atoms with Crippen LogP contribution in [0, 0.1) is 0 Å². The van der Waals surface area contributed by atoms with Gasteiger partial charge in [-0.2, -0.15) is 0 Å². The maximum atomic E-state index is 13.5. The molecule has 2 fully saturated rings. The van der Waals surface area contributed by atoms with Crippen molar-refractivity contribution >= 4 is 34.3 Å². The highest BCUT2D eigenvalue weighted by Gasteiger charge is 2.52. The van der Waals surface area contributed by atoms with E-state index in [-0.39, 0.29) is 11.6 Å². The molecule has 0 radical (unpaired) electrons. The van der Waals surface area contributed by atoms with Crippen LogP contribution in [0.3, 0.4) is 0 Å². The minimum absolute atomic E-state index is 0.00437. The standard InChI is InChI=1S/C23H27BN2O4/c1-22(2)23(3,4)30-24(29-22)19-14-18-16(20-17(19)6-5-10-25-20)7-11-26(21(18)27)15-8-12-28-13-9-15/h5-7,10-11,14-15H,8-9,12-13H2,1-4H3. The van der Waals surface area contributed by atoms with E-state index in [4.69, 9.17) is 14.0 Å². The number of benzene rings is 1. The largest absolute Gasteiger partial charge is 0.495 e. The highest BCUT2D eigenvalue weighted by Crippen LogP contribution is 2.37. The summed E-state index contributed by atoms with van der Waals surface area (Å²) in [5, 5.41) is 2.46. The Balaban J connectivity index is 1.72. The van der Waals surface area contributed by atoms with Gasteiger partial charge in [0.1, 0.15) is 0 Å². The zero-order valence-electron chi connectivity index (χ0n) is 18.0. The van der Waals surface area contributed by atoms with E-state index in [0.717, 1.165) is 34.6 Å². The predicted molar refractivity (Wildman–Crippen MR) is 118 cm³/mol. The second-order valence-corrected chi connectivity index (χ2v) is 9.29. The molecule has 0 saturated carbocycles. The summed E-state index contributed by atoms with van der Waals surface area (Å²) >= 11 is 0. The monoisotopic (exact) mass is 406 g/mol. The lowest BCUT2D eigenvalue weighted by molar-refractivity contribution is 0.00578. The molecule has 1 aromatic carbocycles. The fourth-order valence-corrected chi connectivity index (χ4v) is 4.41. The third-order valence-corrected chi connectivity index (χ3v) is 6.92. The van der Waals surface area contributed by atoms with Crippen LogP contribution in [-0.2, 0) is 14.0 Å². The molecule has 30 heavy (non-hydrogen) atoms. The van der Waals surface area contributed by atoms with E-state index in [2.05, 4.69) is 4.98 Å². The van der Waals surface area contributed by atoms with Crippen molar-refractivity contribution in [1.29, 1.82) is 0 Å².